The third-order valence-corrected chi connectivity index (χ3v) is 6.08. The summed E-state index contributed by atoms with van der Waals surface area (Å²) in [4.78, 5) is 0. The number of para-hydroxylation sites is 2. The minimum absolute atomic E-state index is 0.330. The van der Waals surface area contributed by atoms with Crippen LogP contribution in [0.15, 0.2) is 91.0 Å². The van der Waals surface area contributed by atoms with Crippen LogP contribution in [0.5, 0.6) is 11.5 Å². The van der Waals surface area contributed by atoms with E-state index < -0.39 is 0 Å². The van der Waals surface area contributed by atoms with Gasteiger partial charge >= 0.3 is 0 Å². The van der Waals surface area contributed by atoms with Crippen molar-refractivity contribution in [2.24, 2.45) is 0 Å². The van der Waals surface area contributed by atoms with Crippen molar-refractivity contribution < 1.29 is 4.74 Å². The fraction of sp³-hybridized carbons (Fsp3) is 0.0769. The van der Waals surface area contributed by atoms with Gasteiger partial charge in [-0.1, -0.05) is 78.9 Å². The Balaban J connectivity index is 1.88. The average molecular weight is 346 g/mol. The zero-order valence-electron chi connectivity index (χ0n) is 15.1. The van der Waals surface area contributed by atoms with Crippen LogP contribution in [-0.4, -0.2) is 0 Å². The molecule has 0 bridgehead atoms. The number of hydrogen-bond donors (Lipinski definition) is 0. The van der Waals surface area contributed by atoms with Gasteiger partial charge in [-0.2, -0.15) is 0 Å². The summed E-state index contributed by atoms with van der Waals surface area (Å²) in [7, 11) is 0. The molecule has 6 rings (SSSR count). The van der Waals surface area contributed by atoms with E-state index in [2.05, 4.69) is 97.9 Å². The Labute approximate surface area is 158 Å². The fourth-order valence-corrected chi connectivity index (χ4v) is 5.09. The smallest absolute Gasteiger partial charge is 0.132 e. The van der Waals surface area contributed by atoms with Gasteiger partial charge in [-0.3, -0.25) is 0 Å². The van der Waals surface area contributed by atoms with Crippen molar-refractivity contribution in [2.75, 3.05) is 0 Å². The van der Waals surface area contributed by atoms with Gasteiger partial charge in [0.1, 0.15) is 11.5 Å². The normalized spacial score (nSPS) is 14.7. The Morgan fingerprint density at radius 3 is 1.81 bits per heavy atom. The summed E-state index contributed by atoms with van der Waals surface area (Å²) in [6.07, 6.45) is 0. The molecule has 0 amide bonds. The highest BCUT2D eigenvalue weighted by Crippen LogP contribution is 2.62. The molecule has 0 aromatic heterocycles. The molecule has 1 nitrogen and oxygen atoms in total. The predicted molar refractivity (Wildman–Crippen MR) is 109 cm³/mol. The van der Waals surface area contributed by atoms with Gasteiger partial charge in [0, 0.05) is 11.1 Å². The van der Waals surface area contributed by atoms with Crippen molar-refractivity contribution in [1.82, 2.24) is 0 Å². The summed E-state index contributed by atoms with van der Waals surface area (Å²) in [5.74, 6) is 1.89. The van der Waals surface area contributed by atoms with E-state index in [0.29, 0.717) is 0 Å². The first-order valence-corrected chi connectivity index (χ1v) is 9.38. The minimum atomic E-state index is -0.330. The lowest BCUT2D eigenvalue weighted by molar-refractivity contribution is 0.436. The van der Waals surface area contributed by atoms with Gasteiger partial charge in [0.15, 0.2) is 0 Å². The first-order valence-electron chi connectivity index (χ1n) is 9.38. The van der Waals surface area contributed by atoms with Gasteiger partial charge in [0.05, 0.1) is 5.41 Å². The highest BCUT2D eigenvalue weighted by molar-refractivity contribution is 5.89. The lowest BCUT2D eigenvalue weighted by Gasteiger charge is -2.39. The molecule has 2 aliphatic rings. The van der Waals surface area contributed by atoms with Crippen LogP contribution in [-0.2, 0) is 5.41 Å². The van der Waals surface area contributed by atoms with Crippen molar-refractivity contribution in [3.05, 3.63) is 119 Å². The van der Waals surface area contributed by atoms with E-state index in [-0.39, 0.29) is 5.41 Å². The number of aryl methyl sites for hydroxylation is 1. The van der Waals surface area contributed by atoms with Gasteiger partial charge in [-0.25, -0.2) is 0 Å². The molecule has 0 atom stereocenters. The van der Waals surface area contributed by atoms with Crippen LogP contribution in [0.1, 0.15) is 27.8 Å². The maximum Gasteiger partial charge on any atom is 0.132 e. The molecule has 1 aliphatic carbocycles. The highest BCUT2D eigenvalue weighted by atomic mass is 16.5. The molecule has 0 N–H and O–H groups in total. The van der Waals surface area contributed by atoms with Gasteiger partial charge in [0.2, 0.25) is 0 Å². The Bertz CT molecular complexity index is 1170. The van der Waals surface area contributed by atoms with Gasteiger partial charge in [-0.05, 0) is 46.9 Å². The van der Waals surface area contributed by atoms with E-state index in [1.165, 1.54) is 38.9 Å². The maximum atomic E-state index is 6.32. The van der Waals surface area contributed by atoms with Crippen LogP contribution in [0.4, 0.5) is 0 Å². The molecule has 0 saturated carbocycles. The summed E-state index contributed by atoms with van der Waals surface area (Å²) in [5, 5.41) is 0. The number of rotatable bonds is 0. The lowest BCUT2D eigenvalue weighted by Crippen LogP contribution is -2.32. The molecule has 0 radical (unpaired) electrons. The van der Waals surface area contributed by atoms with Crippen molar-refractivity contribution in [1.29, 1.82) is 0 Å². The third-order valence-electron chi connectivity index (χ3n) is 6.08. The van der Waals surface area contributed by atoms with E-state index in [1.807, 2.05) is 0 Å². The molecule has 1 spiro atoms. The molecule has 1 heterocycles. The molecule has 4 aromatic rings. The molecule has 0 fully saturated rings. The van der Waals surface area contributed by atoms with Crippen molar-refractivity contribution in [2.45, 2.75) is 12.3 Å². The third kappa shape index (κ3) is 1.69. The second kappa shape index (κ2) is 5.11. The average Bonchev–Trinajstić information content (AvgIpc) is 3.01. The largest absolute Gasteiger partial charge is 0.457 e. The fourth-order valence-electron chi connectivity index (χ4n) is 5.09. The second-order valence-corrected chi connectivity index (χ2v) is 7.39. The lowest BCUT2D eigenvalue weighted by atomic mass is 9.66. The summed E-state index contributed by atoms with van der Waals surface area (Å²) in [5.41, 5.74) is 8.82. The molecule has 27 heavy (non-hydrogen) atoms. The van der Waals surface area contributed by atoms with E-state index in [0.717, 1.165) is 11.5 Å². The van der Waals surface area contributed by atoms with Crippen LogP contribution in [0.3, 0.4) is 0 Å². The van der Waals surface area contributed by atoms with Crippen molar-refractivity contribution >= 4 is 0 Å². The Hall–Kier alpha value is -3.32. The topological polar surface area (TPSA) is 9.23 Å². The number of ether oxygens (including phenoxy) is 1. The van der Waals surface area contributed by atoms with Crippen LogP contribution in [0.2, 0.25) is 0 Å². The molecule has 1 aliphatic heterocycles. The minimum Gasteiger partial charge on any atom is -0.457 e. The van der Waals surface area contributed by atoms with Crippen molar-refractivity contribution in [3.63, 3.8) is 0 Å². The summed E-state index contributed by atoms with van der Waals surface area (Å²) < 4.78 is 6.32. The van der Waals surface area contributed by atoms with Gasteiger partial charge < -0.3 is 4.74 Å². The second-order valence-electron chi connectivity index (χ2n) is 7.39. The first kappa shape index (κ1) is 14.8. The molecule has 0 unspecified atom stereocenters. The molecule has 1 heteroatoms. The molecular formula is C26H18O. The van der Waals surface area contributed by atoms with Gasteiger partial charge in [0.25, 0.3) is 0 Å². The standard InChI is InChI=1S/C26H18O/c1-17-9-8-14-22-25(17)18-10-2-3-11-19(18)26(22)20-12-4-6-15-23(20)27-24-16-7-5-13-21(24)26/h2-16H,1H3. The van der Waals surface area contributed by atoms with Crippen LogP contribution < -0.4 is 4.74 Å². The maximum absolute atomic E-state index is 6.32. The monoisotopic (exact) mass is 346 g/mol. The predicted octanol–water partition coefficient (Wildman–Crippen LogP) is 6.46. The highest BCUT2D eigenvalue weighted by Gasteiger charge is 2.51. The molecule has 128 valence electrons. The molecule has 4 aromatic carbocycles. The van der Waals surface area contributed by atoms with E-state index in [9.17, 15) is 0 Å². The number of benzene rings is 4. The summed E-state index contributed by atoms with van der Waals surface area (Å²) in [6, 6.07) is 32.5. The first-order chi connectivity index (χ1) is 13.3. The SMILES string of the molecule is Cc1cccc2c1-c1ccccc1C21c2ccccc2Oc2ccccc21. The summed E-state index contributed by atoms with van der Waals surface area (Å²) in [6.45, 7) is 2.21. The van der Waals surface area contributed by atoms with Crippen molar-refractivity contribution in [3.8, 4) is 22.6 Å². The number of fused-ring (bicyclic) bond motifs is 9. The van der Waals surface area contributed by atoms with E-state index in [4.69, 9.17) is 4.74 Å². The number of hydrogen-bond acceptors (Lipinski definition) is 1. The Morgan fingerprint density at radius 1 is 0.556 bits per heavy atom. The quantitative estimate of drug-likeness (QED) is 0.306. The zero-order chi connectivity index (χ0) is 18.0. The van der Waals surface area contributed by atoms with E-state index in [1.54, 1.807) is 0 Å². The summed E-state index contributed by atoms with van der Waals surface area (Å²) >= 11 is 0. The van der Waals surface area contributed by atoms with Gasteiger partial charge in [-0.15, -0.1) is 0 Å². The van der Waals surface area contributed by atoms with Crippen LogP contribution in [0.25, 0.3) is 11.1 Å². The Morgan fingerprint density at radius 2 is 1.11 bits per heavy atom. The zero-order valence-corrected chi connectivity index (χ0v) is 15.1. The Kier molecular flexibility index (Phi) is 2.80. The van der Waals surface area contributed by atoms with E-state index >= 15 is 0 Å². The molecule has 0 saturated heterocycles. The van der Waals surface area contributed by atoms with Crippen LogP contribution in [0, 0.1) is 6.92 Å². The molecular weight excluding hydrogens is 328 g/mol. The van der Waals surface area contributed by atoms with Crippen LogP contribution >= 0.6 is 0 Å².